The summed E-state index contributed by atoms with van der Waals surface area (Å²) < 4.78 is 19.2. The average molecular weight is 509 g/mol. The molecule has 1 aliphatic rings. The Balaban J connectivity index is 1.65. The van der Waals surface area contributed by atoms with Crippen LogP contribution in [-0.2, 0) is 28.0 Å². The van der Waals surface area contributed by atoms with E-state index in [0.717, 1.165) is 17.5 Å². The molecule has 0 bridgehead atoms. The lowest BCUT2D eigenvalue weighted by atomic mass is 9.87. The number of nitrogens with two attached hydrogens (primary N) is 1. The van der Waals surface area contributed by atoms with E-state index < -0.39 is 23.7 Å². The van der Waals surface area contributed by atoms with Gasteiger partial charge in [0.15, 0.2) is 0 Å². The number of fused-ring (bicyclic) bond motifs is 1. The quantitative estimate of drug-likeness (QED) is 0.407. The number of rotatable bonds is 6. The molecular formula is C29H30ClFN2O3. The van der Waals surface area contributed by atoms with E-state index in [0.29, 0.717) is 34.8 Å². The van der Waals surface area contributed by atoms with Gasteiger partial charge >= 0.3 is 5.97 Å². The van der Waals surface area contributed by atoms with Gasteiger partial charge in [-0.25, -0.2) is 9.18 Å². The number of primary amides is 1. The van der Waals surface area contributed by atoms with Crippen molar-refractivity contribution in [3.8, 4) is 0 Å². The van der Waals surface area contributed by atoms with Crippen LogP contribution in [0.4, 0.5) is 10.1 Å². The molecule has 5 nitrogen and oxygen atoms in total. The highest BCUT2D eigenvalue weighted by Gasteiger charge is 2.34. The van der Waals surface area contributed by atoms with E-state index in [9.17, 15) is 14.0 Å². The standard InChI is InChI=1S/C29H30ClFN2O3/c1-29(2,3)20-10-6-18(7-11-20)17-36-28(35)23-14-15-24(30)22-5-4-16-33(26(22)23)25(27(32)34)19-8-12-21(31)13-9-19/h6-15,25H,4-5,16-17H2,1-3H3,(H2,32,34). The van der Waals surface area contributed by atoms with Gasteiger partial charge in [0, 0.05) is 11.6 Å². The number of esters is 1. The van der Waals surface area contributed by atoms with Crippen LogP contribution in [0.5, 0.6) is 0 Å². The van der Waals surface area contributed by atoms with Gasteiger partial charge in [-0.2, -0.15) is 0 Å². The van der Waals surface area contributed by atoms with Crippen molar-refractivity contribution < 1.29 is 18.7 Å². The highest BCUT2D eigenvalue weighted by atomic mass is 35.5. The van der Waals surface area contributed by atoms with Crippen LogP contribution in [0, 0.1) is 5.82 Å². The highest BCUT2D eigenvalue weighted by Crippen LogP contribution is 2.40. The van der Waals surface area contributed by atoms with Gasteiger partial charge in [-0.3, -0.25) is 4.79 Å². The maximum absolute atomic E-state index is 13.6. The summed E-state index contributed by atoms with van der Waals surface area (Å²) in [6.45, 7) is 7.01. The highest BCUT2D eigenvalue weighted by molar-refractivity contribution is 6.32. The summed E-state index contributed by atoms with van der Waals surface area (Å²) in [5.41, 5.74) is 10.1. The molecule has 1 amide bonds. The Morgan fingerprint density at radius 2 is 1.72 bits per heavy atom. The van der Waals surface area contributed by atoms with Gasteiger partial charge in [-0.15, -0.1) is 0 Å². The van der Waals surface area contributed by atoms with Gasteiger partial charge in [0.1, 0.15) is 18.5 Å². The second-order valence-electron chi connectivity index (χ2n) is 10.1. The first-order valence-corrected chi connectivity index (χ1v) is 12.3. The van der Waals surface area contributed by atoms with E-state index in [4.69, 9.17) is 22.1 Å². The van der Waals surface area contributed by atoms with Gasteiger partial charge in [0.2, 0.25) is 5.91 Å². The van der Waals surface area contributed by atoms with Crippen molar-refractivity contribution in [2.75, 3.05) is 11.4 Å². The van der Waals surface area contributed by atoms with E-state index >= 15 is 0 Å². The Labute approximate surface area is 216 Å². The molecule has 1 heterocycles. The summed E-state index contributed by atoms with van der Waals surface area (Å²) in [4.78, 5) is 27.7. The van der Waals surface area contributed by atoms with E-state index in [2.05, 4.69) is 20.8 Å². The average Bonchev–Trinajstić information content (AvgIpc) is 2.84. The summed E-state index contributed by atoms with van der Waals surface area (Å²) in [6.07, 6.45) is 1.37. The zero-order chi connectivity index (χ0) is 26.0. The first-order chi connectivity index (χ1) is 17.1. The van der Waals surface area contributed by atoms with Crippen molar-refractivity contribution in [2.24, 2.45) is 5.73 Å². The third-order valence-corrected chi connectivity index (χ3v) is 6.87. The van der Waals surface area contributed by atoms with Crippen molar-refractivity contribution in [1.82, 2.24) is 0 Å². The number of hydrogen-bond acceptors (Lipinski definition) is 4. The van der Waals surface area contributed by atoms with Gasteiger partial charge in [0.25, 0.3) is 0 Å². The molecule has 0 saturated heterocycles. The maximum Gasteiger partial charge on any atom is 0.340 e. The zero-order valence-corrected chi connectivity index (χ0v) is 21.4. The smallest absolute Gasteiger partial charge is 0.340 e. The number of hydrogen-bond donors (Lipinski definition) is 1. The fourth-order valence-electron chi connectivity index (χ4n) is 4.61. The van der Waals surface area contributed by atoms with Gasteiger partial charge in [-0.05, 0) is 64.8 Å². The monoisotopic (exact) mass is 508 g/mol. The van der Waals surface area contributed by atoms with Crippen LogP contribution in [-0.4, -0.2) is 18.4 Å². The summed E-state index contributed by atoms with van der Waals surface area (Å²) in [7, 11) is 0. The molecule has 0 aliphatic carbocycles. The molecule has 36 heavy (non-hydrogen) atoms. The number of anilines is 1. The predicted octanol–water partition coefficient (Wildman–Crippen LogP) is 6.11. The molecule has 188 valence electrons. The molecule has 3 aromatic carbocycles. The number of benzene rings is 3. The van der Waals surface area contributed by atoms with Crippen molar-refractivity contribution in [3.05, 3.63) is 99.3 Å². The van der Waals surface area contributed by atoms with Crippen LogP contribution in [0.2, 0.25) is 5.02 Å². The normalized spacial score (nSPS) is 14.2. The van der Waals surface area contributed by atoms with Crippen molar-refractivity contribution in [2.45, 2.75) is 51.7 Å². The van der Waals surface area contributed by atoms with Gasteiger partial charge in [0.05, 0.1) is 11.3 Å². The maximum atomic E-state index is 13.6. The van der Waals surface area contributed by atoms with Crippen LogP contribution in [0.3, 0.4) is 0 Å². The molecule has 0 aromatic heterocycles. The molecule has 7 heteroatoms. The molecule has 0 fully saturated rings. The Morgan fingerprint density at radius 1 is 1.06 bits per heavy atom. The van der Waals surface area contributed by atoms with E-state index in [-0.39, 0.29) is 12.0 Å². The summed E-state index contributed by atoms with van der Waals surface area (Å²) in [5, 5.41) is 0.506. The Hall–Kier alpha value is -3.38. The molecule has 0 radical (unpaired) electrons. The topological polar surface area (TPSA) is 72.6 Å². The van der Waals surface area contributed by atoms with Crippen molar-refractivity contribution in [1.29, 1.82) is 0 Å². The lowest BCUT2D eigenvalue weighted by Gasteiger charge is -2.38. The summed E-state index contributed by atoms with van der Waals surface area (Å²) in [5.74, 6) is -1.53. The second-order valence-corrected chi connectivity index (χ2v) is 10.5. The molecular weight excluding hydrogens is 479 g/mol. The van der Waals surface area contributed by atoms with Crippen LogP contribution in [0.15, 0.2) is 60.7 Å². The lowest BCUT2D eigenvalue weighted by molar-refractivity contribution is -0.119. The molecule has 1 atom stereocenters. The van der Waals surface area contributed by atoms with Crippen molar-refractivity contribution in [3.63, 3.8) is 0 Å². The molecule has 0 spiro atoms. The van der Waals surface area contributed by atoms with E-state index in [1.54, 1.807) is 17.0 Å². The number of amides is 1. The SMILES string of the molecule is CC(C)(C)c1ccc(COC(=O)c2ccc(Cl)c3c2N(C(C(N)=O)c2ccc(F)cc2)CCC3)cc1. The third kappa shape index (κ3) is 5.39. The van der Waals surface area contributed by atoms with Gasteiger partial charge in [-0.1, -0.05) is 68.8 Å². The van der Waals surface area contributed by atoms with Crippen LogP contribution in [0.25, 0.3) is 0 Å². The number of ether oxygens (including phenoxy) is 1. The number of carbonyl (C=O) groups excluding carboxylic acids is 2. The molecule has 1 aliphatic heterocycles. The minimum absolute atomic E-state index is 0.0303. The van der Waals surface area contributed by atoms with E-state index in [1.165, 1.54) is 29.8 Å². The zero-order valence-electron chi connectivity index (χ0n) is 20.7. The largest absolute Gasteiger partial charge is 0.457 e. The Kier molecular flexibility index (Phi) is 7.36. The van der Waals surface area contributed by atoms with Crippen molar-refractivity contribution >= 4 is 29.2 Å². The first kappa shape index (κ1) is 25.7. The number of carbonyl (C=O) groups is 2. The Bertz CT molecular complexity index is 1270. The molecule has 2 N–H and O–H groups in total. The lowest BCUT2D eigenvalue weighted by Crippen LogP contribution is -2.41. The number of halogens is 2. The molecule has 4 rings (SSSR count). The minimum atomic E-state index is -0.889. The van der Waals surface area contributed by atoms with Gasteiger partial charge < -0.3 is 15.4 Å². The fourth-order valence-corrected chi connectivity index (χ4v) is 4.86. The number of nitrogens with zero attached hydrogens (tertiary/aromatic N) is 1. The minimum Gasteiger partial charge on any atom is -0.457 e. The summed E-state index contributed by atoms with van der Waals surface area (Å²) in [6, 6.07) is 16.0. The van der Waals surface area contributed by atoms with Crippen LogP contribution in [0.1, 0.15) is 65.8 Å². The molecule has 0 saturated carbocycles. The first-order valence-electron chi connectivity index (χ1n) is 12.0. The Morgan fingerprint density at radius 3 is 2.33 bits per heavy atom. The van der Waals surface area contributed by atoms with Crippen LogP contribution < -0.4 is 10.6 Å². The predicted molar refractivity (Wildman–Crippen MR) is 140 cm³/mol. The third-order valence-electron chi connectivity index (χ3n) is 6.52. The fraction of sp³-hybridized carbons (Fsp3) is 0.310. The molecule has 3 aromatic rings. The summed E-state index contributed by atoms with van der Waals surface area (Å²) >= 11 is 6.52. The van der Waals surface area contributed by atoms with Crippen LogP contribution >= 0.6 is 11.6 Å². The molecule has 1 unspecified atom stereocenters. The van der Waals surface area contributed by atoms with E-state index in [1.807, 2.05) is 24.3 Å². The second kappa shape index (κ2) is 10.3.